The number of ketones is 1. The largest absolute Gasteiger partial charge is 0.444 e. The van der Waals surface area contributed by atoms with Gasteiger partial charge in [0.1, 0.15) is 22.0 Å². The van der Waals surface area contributed by atoms with E-state index in [0.717, 1.165) is 65.7 Å². The molecule has 2 aromatic heterocycles. The maximum absolute atomic E-state index is 14.8. The first kappa shape index (κ1) is 26.6. The summed E-state index contributed by atoms with van der Waals surface area (Å²) in [7, 11) is 0. The highest BCUT2D eigenvalue weighted by molar-refractivity contribution is 7.20. The Hall–Kier alpha value is -3.24. The smallest absolute Gasteiger partial charge is 0.278 e. The van der Waals surface area contributed by atoms with Gasteiger partial charge in [0.05, 0.1) is 29.6 Å². The molecule has 0 spiro atoms. The van der Waals surface area contributed by atoms with E-state index in [9.17, 15) is 9.18 Å². The number of nitrogens with zero attached hydrogens (tertiary/aromatic N) is 3. The molecule has 0 unspecified atom stereocenters. The highest BCUT2D eigenvalue weighted by atomic mass is 35.5. The molecule has 0 amide bonds. The Morgan fingerprint density at radius 2 is 2.10 bits per heavy atom. The lowest BCUT2D eigenvalue weighted by Gasteiger charge is -2.29. The third-order valence-corrected chi connectivity index (χ3v) is 9.51. The minimum Gasteiger partial charge on any atom is -0.444 e. The van der Waals surface area contributed by atoms with Crippen molar-refractivity contribution in [3.63, 3.8) is 0 Å². The fraction of sp³-hybridized carbons (Fsp3) is 0.355. The van der Waals surface area contributed by atoms with Crippen molar-refractivity contribution in [2.75, 3.05) is 19.7 Å². The Labute approximate surface area is 246 Å². The average Bonchev–Trinajstić information content (AvgIpc) is 3.57. The molecule has 0 bridgehead atoms. The van der Waals surface area contributed by atoms with E-state index in [1.165, 1.54) is 23.0 Å². The van der Waals surface area contributed by atoms with Gasteiger partial charge < -0.3 is 18.8 Å². The van der Waals surface area contributed by atoms with E-state index in [0.29, 0.717) is 28.6 Å². The van der Waals surface area contributed by atoms with Crippen LogP contribution in [0.15, 0.2) is 48.5 Å². The summed E-state index contributed by atoms with van der Waals surface area (Å²) < 4.78 is 35.2. The number of benzene rings is 2. The van der Waals surface area contributed by atoms with Crippen molar-refractivity contribution < 1.29 is 23.4 Å². The van der Waals surface area contributed by atoms with E-state index in [4.69, 9.17) is 30.8 Å². The van der Waals surface area contributed by atoms with Crippen LogP contribution in [0.5, 0.6) is 11.5 Å². The molecule has 212 valence electrons. The van der Waals surface area contributed by atoms with Crippen LogP contribution < -0.4 is 9.47 Å². The van der Waals surface area contributed by atoms with Gasteiger partial charge in [-0.1, -0.05) is 29.8 Å². The molecular formula is C31H29ClFN3O4S. The Bertz CT molecular complexity index is 1710. The van der Waals surface area contributed by atoms with Crippen molar-refractivity contribution in [1.82, 2.24) is 14.5 Å². The number of imidazole rings is 1. The number of aromatic nitrogens is 2. The van der Waals surface area contributed by atoms with Crippen molar-refractivity contribution in [3.05, 3.63) is 81.2 Å². The molecule has 41 heavy (non-hydrogen) atoms. The van der Waals surface area contributed by atoms with E-state index in [1.54, 1.807) is 26.0 Å². The Balaban J connectivity index is 1.11. The number of carbonyl (C=O) groups excluding carboxylic acids is 1. The van der Waals surface area contributed by atoms with Crippen molar-refractivity contribution in [3.8, 4) is 11.5 Å². The van der Waals surface area contributed by atoms with Crippen molar-refractivity contribution >= 4 is 44.6 Å². The molecular weight excluding hydrogens is 565 g/mol. The zero-order valence-electron chi connectivity index (χ0n) is 22.8. The second kappa shape index (κ2) is 10.2. The number of hydrogen-bond donors (Lipinski definition) is 0. The normalized spacial score (nSPS) is 22.1. The molecule has 0 saturated carbocycles. The molecule has 4 aromatic rings. The van der Waals surface area contributed by atoms with Gasteiger partial charge in [-0.25, -0.2) is 9.37 Å². The zero-order valence-corrected chi connectivity index (χ0v) is 24.4. The second-order valence-corrected chi connectivity index (χ2v) is 12.4. The maximum atomic E-state index is 14.8. The monoisotopic (exact) mass is 593 g/mol. The van der Waals surface area contributed by atoms with E-state index < -0.39 is 11.6 Å². The summed E-state index contributed by atoms with van der Waals surface area (Å²) in [5.41, 5.74) is 3.30. The molecule has 0 N–H and O–H groups in total. The Kier molecular flexibility index (Phi) is 6.65. The van der Waals surface area contributed by atoms with Gasteiger partial charge in [-0.05, 0) is 55.7 Å². The average molecular weight is 594 g/mol. The van der Waals surface area contributed by atoms with Crippen LogP contribution in [0.3, 0.4) is 0 Å². The summed E-state index contributed by atoms with van der Waals surface area (Å²) in [6.07, 6.45) is 4.27. The zero-order chi connectivity index (χ0) is 28.3. The highest BCUT2D eigenvalue weighted by Gasteiger charge is 2.42. The van der Waals surface area contributed by atoms with Crippen LogP contribution in [0.25, 0.3) is 15.9 Å². The molecule has 0 aliphatic carbocycles. The quantitative estimate of drug-likeness (QED) is 0.219. The molecule has 5 heterocycles. The van der Waals surface area contributed by atoms with Crippen LogP contribution in [0, 0.1) is 5.82 Å². The molecule has 1 fully saturated rings. The van der Waals surface area contributed by atoms with Crippen molar-refractivity contribution in [2.24, 2.45) is 0 Å². The Morgan fingerprint density at radius 3 is 2.80 bits per heavy atom. The number of thiophene rings is 1. The van der Waals surface area contributed by atoms with Gasteiger partial charge in [0.25, 0.3) is 5.79 Å². The van der Waals surface area contributed by atoms with E-state index in [-0.39, 0.29) is 11.9 Å². The minimum atomic E-state index is -1.29. The number of ether oxygens (including phenoxy) is 3. The lowest BCUT2D eigenvalue weighted by Crippen LogP contribution is -2.33. The lowest BCUT2D eigenvalue weighted by molar-refractivity contribution is -0.0708. The topological polar surface area (TPSA) is 65.8 Å². The molecule has 3 aliphatic heterocycles. The van der Waals surface area contributed by atoms with Crippen LogP contribution in [-0.2, 0) is 23.6 Å². The molecule has 2 atom stereocenters. The van der Waals surface area contributed by atoms with Crippen LogP contribution in [0.4, 0.5) is 4.39 Å². The SMILES string of the molecule is CC(=O)c1cc2nc(CN3CC=C(c4cccc5c4O[C@](C)(c4ccc(Cl)cc4F)O5)CC3)n(C[C@@H]3CCO3)c2s1. The first-order chi connectivity index (χ1) is 19.8. The van der Waals surface area contributed by atoms with Gasteiger partial charge in [-0.15, -0.1) is 11.3 Å². The lowest BCUT2D eigenvalue weighted by atomic mass is 9.98. The third kappa shape index (κ3) is 4.84. The van der Waals surface area contributed by atoms with Crippen LogP contribution >= 0.6 is 22.9 Å². The standard InChI is InChI=1S/C31H29ClFN3O4S/c1-18(37)27-15-25-30(41-27)36(16-21-10-13-38-21)28(34-25)17-35-11-8-19(9-12-35)22-4-3-5-26-29(22)40-31(2,39-26)23-7-6-20(32)14-24(23)33/h3-8,14-15,21H,9-13,16-17H2,1-2H3/t21-,31+/m0/s1. The van der Waals surface area contributed by atoms with E-state index in [1.807, 2.05) is 24.3 Å². The summed E-state index contributed by atoms with van der Waals surface area (Å²) in [5, 5.41) is 0.322. The summed E-state index contributed by atoms with van der Waals surface area (Å²) in [6, 6.07) is 12.2. The Morgan fingerprint density at radius 1 is 1.24 bits per heavy atom. The fourth-order valence-electron chi connectivity index (χ4n) is 5.72. The van der Waals surface area contributed by atoms with Gasteiger partial charge in [0, 0.05) is 37.2 Å². The molecule has 3 aliphatic rings. The van der Waals surface area contributed by atoms with Crippen LogP contribution in [-0.4, -0.2) is 46.0 Å². The van der Waals surface area contributed by atoms with E-state index in [2.05, 4.69) is 15.5 Å². The second-order valence-electron chi connectivity index (χ2n) is 10.9. The van der Waals surface area contributed by atoms with Crippen molar-refractivity contribution in [2.45, 2.75) is 51.7 Å². The molecule has 2 aromatic carbocycles. The van der Waals surface area contributed by atoms with Gasteiger partial charge >= 0.3 is 0 Å². The highest BCUT2D eigenvalue weighted by Crippen LogP contribution is 2.49. The number of carbonyl (C=O) groups is 1. The fourth-order valence-corrected chi connectivity index (χ4v) is 6.90. The molecule has 0 radical (unpaired) electrons. The molecule has 7 nitrogen and oxygen atoms in total. The summed E-state index contributed by atoms with van der Waals surface area (Å²) in [6.45, 7) is 7.17. The first-order valence-electron chi connectivity index (χ1n) is 13.8. The van der Waals surface area contributed by atoms with E-state index >= 15 is 0 Å². The van der Waals surface area contributed by atoms with Gasteiger partial charge in [0.2, 0.25) is 0 Å². The van der Waals surface area contributed by atoms with Crippen LogP contribution in [0.2, 0.25) is 5.02 Å². The van der Waals surface area contributed by atoms with Gasteiger partial charge in [0.15, 0.2) is 17.3 Å². The van der Waals surface area contributed by atoms with Gasteiger partial charge in [-0.2, -0.15) is 0 Å². The number of fused-ring (bicyclic) bond motifs is 2. The summed E-state index contributed by atoms with van der Waals surface area (Å²) >= 11 is 7.47. The summed E-state index contributed by atoms with van der Waals surface area (Å²) in [4.78, 5) is 21.0. The van der Waals surface area contributed by atoms with Crippen molar-refractivity contribution in [1.29, 1.82) is 0 Å². The number of halogens is 2. The number of para-hydroxylation sites is 1. The predicted octanol–water partition coefficient (Wildman–Crippen LogP) is 6.82. The first-order valence-corrected chi connectivity index (χ1v) is 15.0. The maximum Gasteiger partial charge on any atom is 0.278 e. The summed E-state index contributed by atoms with van der Waals surface area (Å²) in [5.74, 6) is 0.517. The van der Waals surface area contributed by atoms with Crippen LogP contribution in [0.1, 0.15) is 53.3 Å². The third-order valence-electron chi connectivity index (χ3n) is 8.03. The minimum absolute atomic E-state index is 0.0649. The van der Waals surface area contributed by atoms with Gasteiger partial charge in [-0.3, -0.25) is 9.69 Å². The number of hydrogen-bond acceptors (Lipinski definition) is 7. The number of Topliss-reactive ketones (excluding diaryl/α,β-unsaturated/α-hetero) is 1. The number of rotatable bonds is 7. The molecule has 10 heteroatoms. The predicted molar refractivity (Wildman–Crippen MR) is 156 cm³/mol. The molecule has 7 rings (SSSR count). The molecule has 1 saturated heterocycles.